The van der Waals surface area contributed by atoms with Crippen molar-refractivity contribution >= 4 is 11.6 Å². The second kappa shape index (κ2) is 9.43. The molecular formula is C17H27N3O2. The van der Waals surface area contributed by atoms with Gasteiger partial charge in [0.05, 0.1) is 0 Å². The van der Waals surface area contributed by atoms with Crippen LogP contribution < -0.4 is 10.6 Å². The van der Waals surface area contributed by atoms with Gasteiger partial charge in [-0.15, -0.1) is 0 Å². The summed E-state index contributed by atoms with van der Waals surface area (Å²) in [5.74, 6) is -0.316. The third kappa shape index (κ3) is 6.03. The van der Waals surface area contributed by atoms with Crippen LogP contribution in [0.5, 0.6) is 0 Å². The zero-order valence-electron chi connectivity index (χ0n) is 13.2. The zero-order valence-corrected chi connectivity index (χ0v) is 13.2. The summed E-state index contributed by atoms with van der Waals surface area (Å²) in [7, 11) is 0. The monoisotopic (exact) mass is 305 g/mol. The Morgan fingerprint density at radius 3 is 2.77 bits per heavy atom. The lowest BCUT2D eigenvalue weighted by molar-refractivity contribution is -0.123. The molecule has 0 aliphatic carbocycles. The minimum Gasteiger partial charge on any atom is -0.387 e. The number of carbonyl (C=O) groups excluding carboxylic acids is 1. The Hall–Kier alpha value is -1.59. The summed E-state index contributed by atoms with van der Waals surface area (Å²) in [4.78, 5) is 13.4. The van der Waals surface area contributed by atoms with Gasteiger partial charge in [0.25, 0.3) is 0 Å². The lowest BCUT2D eigenvalue weighted by atomic mass is 10.1. The molecule has 0 atom stereocenters. The van der Waals surface area contributed by atoms with E-state index in [1.807, 2.05) is 0 Å². The van der Waals surface area contributed by atoms with Crippen molar-refractivity contribution in [3.05, 3.63) is 29.8 Å². The fourth-order valence-corrected chi connectivity index (χ4v) is 2.76. The van der Waals surface area contributed by atoms with E-state index in [0.29, 0.717) is 6.54 Å². The molecule has 1 aromatic carbocycles. The van der Waals surface area contributed by atoms with E-state index in [9.17, 15) is 4.79 Å². The van der Waals surface area contributed by atoms with E-state index in [-0.39, 0.29) is 5.91 Å². The first-order chi connectivity index (χ1) is 10.8. The van der Waals surface area contributed by atoms with Crippen molar-refractivity contribution in [2.75, 3.05) is 38.1 Å². The van der Waals surface area contributed by atoms with E-state index in [2.05, 4.69) is 39.8 Å². The van der Waals surface area contributed by atoms with E-state index >= 15 is 0 Å². The van der Waals surface area contributed by atoms with Crippen molar-refractivity contribution in [1.82, 2.24) is 10.2 Å². The Bertz CT molecular complexity index is 459. The lowest BCUT2D eigenvalue weighted by Crippen LogP contribution is -2.29. The van der Waals surface area contributed by atoms with Crippen molar-refractivity contribution in [1.29, 1.82) is 0 Å². The van der Waals surface area contributed by atoms with Gasteiger partial charge in [0.1, 0.15) is 6.61 Å². The number of piperidine rings is 1. The van der Waals surface area contributed by atoms with Gasteiger partial charge in [-0.25, -0.2) is 0 Å². The number of aliphatic hydroxyl groups excluding tert-OH is 1. The molecule has 1 aliphatic heterocycles. The Morgan fingerprint density at radius 2 is 2.00 bits per heavy atom. The van der Waals surface area contributed by atoms with Gasteiger partial charge < -0.3 is 15.7 Å². The molecule has 0 aromatic heterocycles. The standard InChI is InChI=1S/C17H27N3O2/c21-14-17(22)19-9-5-8-18-16-7-4-6-15(12-16)13-20-10-2-1-3-11-20/h4,6-7,12,18,21H,1-3,5,8-11,13-14H2,(H,19,22). The van der Waals surface area contributed by atoms with Crippen molar-refractivity contribution < 1.29 is 9.90 Å². The Morgan fingerprint density at radius 1 is 1.18 bits per heavy atom. The normalized spacial score (nSPS) is 15.5. The molecule has 1 aliphatic rings. The Labute approximate surface area is 132 Å². The average molecular weight is 305 g/mol. The Kier molecular flexibility index (Phi) is 7.19. The smallest absolute Gasteiger partial charge is 0.245 e. The summed E-state index contributed by atoms with van der Waals surface area (Å²) in [6.45, 7) is 4.40. The zero-order chi connectivity index (χ0) is 15.6. The third-order valence-electron chi connectivity index (χ3n) is 3.93. The van der Waals surface area contributed by atoms with Crippen molar-refractivity contribution in [2.24, 2.45) is 0 Å². The highest BCUT2D eigenvalue weighted by Gasteiger charge is 2.10. The maximum atomic E-state index is 10.9. The van der Waals surface area contributed by atoms with Gasteiger partial charge in [-0.05, 0) is 50.0 Å². The first kappa shape index (κ1) is 16.8. The number of anilines is 1. The number of nitrogens with zero attached hydrogens (tertiary/aromatic N) is 1. The maximum absolute atomic E-state index is 10.9. The number of likely N-dealkylation sites (tertiary alicyclic amines) is 1. The summed E-state index contributed by atoms with van der Waals surface area (Å²) in [6, 6.07) is 8.56. The van der Waals surface area contributed by atoms with Gasteiger partial charge in [-0.1, -0.05) is 18.6 Å². The van der Waals surface area contributed by atoms with Crippen LogP contribution in [0, 0.1) is 0 Å². The minimum absolute atomic E-state index is 0.316. The molecule has 5 nitrogen and oxygen atoms in total. The predicted octanol–water partition coefficient (Wildman–Crippen LogP) is 1.58. The molecular weight excluding hydrogens is 278 g/mol. The summed E-state index contributed by atoms with van der Waals surface area (Å²) in [5, 5.41) is 14.6. The molecule has 1 saturated heterocycles. The van der Waals surface area contributed by atoms with Crippen LogP contribution in [0.15, 0.2) is 24.3 Å². The van der Waals surface area contributed by atoms with Gasteiger partial charge >= 0.3 is 0 Å². The average Bonchev–Trinajstić information content (AvgIpc) is 2.55. The molecule has 0 bridgehead atoms. The molecule has 3 N–H and O–H groups in total. The molecule has 0 saturated carbocycles. The van der Waals surface area contributed by atoms with E-state index in [1.165, 1.54) is 37.9 Å². The summed E-state index contributed by atoms with van der Waals surface area (Å²) in [5.41, 5.74) is 2.48. The first-order valence-corrected chi connectivity index (χ1v) is 8.20. The number of amides is 1. The largest absolute Gasteiger partial charge is 0.387 e. The topological polar surface area (TPSA) is 64.6 Å². The van der Waals surface area contributed by atoms with Crippen molar-refractivity contribution in [2.45, 2.75) is 32.2 Å². The van der Waals surface area contributed by atoms with Crippen LogP contribution >= 0.6 is 0 Å². The molecule has 1 fully saturated rings. The maximum Gasteiger partial charge on any atom is 0.245 e. The molecule has 1 heterocycles. The summed E-state index contributed by atoms with van der Waals surface area (Å²) < 4.78 is 0. The van der Waals surface area contributed by atoms with Crippen LogP contribution in [0.4, 0.5) is 5.69 Å². The van der Waals surface area contributed by atoms with Crippen LogP contribution in [0.2, 0.25) is 0 Å². The molecule has 0 spiro atoms. The molecule has 1 amide bonds. The molecule has 122 valence electrons. The van der Waals surface area contributed by atoms with Gasteiger partial charge in [-0.3, -0.25) is 9.69 Å². The SMILES string of the molecule is O=C(CO)NCCCNc1cccc(CN2CCCCC2)c1. The van der Waals surface area contributed by atoms with E-state index < -0.39 is 6.61 Å². The number of carbonyl (C=O) groups is 1. The van der Waals surface area contributed by atoms with Gasteiger partial charge in [0.2, 0.25) is 5.91 Å². The predicted molar refractivity (Wildman–Crippen MR) is 88.8 cm³/mol. The second-order valence-corrected chi connectivity index (χ2v) is 5.83. The van der Waals surface area contributed by atoms with Gasteiger partial charge in [0.15, 0.2) is 0 Å². The van der Waals surface area contributed by atoms with Crippen LogP contribution in [0.1, 0.15) is 31.2 Å². The number of aliphatic hydroxyl groups is 1. The van der Waals surface area contributed by atoms with Gasteiger partial charge in [-0.2, -0.15) is 0 Å². The first-order valence-electron chi connectivity index (χ1n) is 8.20. The quantitative estimate of drug-likeness (QED) is 0.638. The number of hydrogen-bond acceptors (Lipinski definition) is 4. The highest BCUT2D eigenvalue weighted by molar-refractivity contribution is 5.76. The number of nitrogens with one attached hydrogen (secondary N) is 2. The molecule has 5 heteroatoms. The van der Waals surface area contributed by atoms with Crippen LogP contribution in [-0.2, 0) is 11.3 Å². The van der Waals surface area contributed by atoms with E-state index in [1.54, 1.807) is 0 Å². The van der Waals surface area contributed by atoms with Crippen molar-refractivity contribution in [3.63, 3.8) is 0 Å². The van der Waals surface area contributed by atoms with Crippen LogP contribution in [0.3, 0.4) is 0 Å². The minimum atomic E-state index is -0.439. The molecule has 22 heavy (non-hydrogen) atoms. The highest BCUT2D eigenvalue weighted by Crippen LogP contribution is 2.16. The van der Waals surface area contributed by atoms with Crippen molar-refractivity contribution in [3.8, 4) is 0 Å². The summed E-state index contributed by atoms with van der Waals surface area (Å²) in [6.07, 6.45) is 4.84. The number of hydrogen-bond donors (Lipinski definition) is 3. The second-order valence-electron chi connectivity index (χ2n) is 5.83. The van der Waals surface area contributed by atoms with Crippen LogP contribution in [0.25, 0.3) is 0 Å². The number of benzene rings is 1. The van der Waals surface area contributed by atoms with Gasteiger partial charge in [0, 0.05) is 25.3 Å². The fourth-order valence-electron chi connectivity index (χ4n) is 2.76. The molecule has 0 unspecified atom stereocenters. The molecule has 1 aromatic rings. The lowest BCUT2D eigenvalue weighted by Gasteiger charge is -2.26. The van der Waals surface area contributed by atoms with E-state index in [4.69, 9.17) is 5.11 Å². The molecule has 0 radical (unpaired) electrons. The highest BCUT2D eigenvalue weighted by atomic mass is 16.3. The summed E-state index contributed by atoms with van der Waals surface area (Å²) >= 11 is 0. The number of rotatable bonds is 8. The molecule has 2 rings (SSSR count). The van der Waals surface area contributed by atoms with Crippen LogP contribution in [-0.4, -0.2) is 48.7 Å². The third-order valence-corrected chi connectivity index (χ3v) is 3.93. The fraction of sp³-hybridized carbons (Fsp3) is 0.588. The van der Waals surface area contributed by atoms with E-state index in [0.717, 1.165) is 25.2 Å². The Balaban J connectivity index is 1.70.